The molecule has 8 nitrogen and oxygen atoms in total. The minimum atomic E-state index is -3.73. The number of rotatable bonds is 5. The van der Waals surface area contributed by atoms with E-state index in [9.17, 15) is 18.3 Å². The Hall–Kier alpha value is -1.45. The summed E-state index contributed by atoms with van der Waals surface area (Å²) in [5, 5.41) is 13.5. The maximum Gasteiger partial charge on any atom is 0.308 e. The van der Waals surface area contributed by atoms with Gasteiger partial charge in [0.15, 0.2) is 0 Å². The van der Waals surface area contributed by atoms with Crippen LogP contribution in [0.2, 0.25) is 0 Å². The summed E-state index contributed by atoms with van der Waals surface area (Å²) in [5.74, 6) is -1.58. The number of aromatic nitrogens is 2. The average molecular weight is 357 g/mol. The third kappa shape index (κ3) is 3.07. The topological polar surface area (TPSA) is 102 Å². The van der Waals surface area contributed by atoms with E-state index >= 15 is 0 Å². The molecule has 9 heteroatoms. The van der Waals surface area contributed by atoms with E-state index in [4.69, 9.17) is 4.74 Å². The molecule has 0 amide bonds. The zero-order valence-corrected chi connectivity index (χ0v) is 14.5. The predicted molar refractivity (Wildman–Crippen MR) is 85.0 cm³/mol. The number of aliphatic carboxylic acids is 1. The highest BCUT2D eigenvalue weighted by Gasteiger charge is 2.44. The van der Waals surface area contributed by atoms with E-state index < -0.39 is 28.0 Å². The van der Waals surface area contributed by atoms with Crippen LogP contribution in [-0.2, 0) is 19.6 Å². The first-order chi connectivity index (χ1) is 11.4. The van der Waals surface area contributed by atoms with Crippen molar-refractivity contribution in [3.63, 3.8) is 0 Å². The molecule has 0 aliphatic carbocycles. The lowest BCUT2D eigenvalue weighted by Gasteiger charge is -2.24. The zero-order chi connectivity index (χ0) is 17.3. The minimum Gasteiger partial charge on any atom is -0.481 e. The number of carbonyl (C=O) groups is 1. The van der Waals surface area contributed by atoms with Gasteiger partial charge >= 0.3 is 5.97 Å². The zero-order valence-electron chi connectivity index (χ0n) is 13.7. The quantitative estimate of drug-likeness (QED) is 0.847. The van der Waals surface area contributed by atoms with Crippen molar-refractivity contribution in [3.8, 4) is 0 Å². The molecular weight excluding hydrogens is 334 g/mol. The van der Waals surface area contributed by atoms with Crippen LogP contribution in [0.25, 0.3) is 0 Å². The van der Waals surface area contributed by atoms with Crippen LogP contribution < -0.4 is 0 Å². The van der Waals surface area contributed by atoms with E-state index in [1.165, 1.54) is 10.5 Å². The molecule has 2 aliphatic rings. The van der Waals surface area contributed by atoms with Crippen molar-refractivity contribution in [2.24, 2.45) is 5.92 Å². The summed E-state index contributed by atoms with van der Waals surface area (Å²) in [6, 6.07) is -0.353. The van der Waals surface area contributed by atoms with Crippen LogP contribution >= 0.6 is 0 Å². The van der Waals surface area contributed by atoms with Gasteiger partial charge in [-0.15, -0.1) is 0 Å². The molecule has 1 N–H and O–H groups in total. The standard InChI is InChI=1S/C15H23N3O5S/c1-2-14-13(15(19)20)3-6-18(14)24(21,22)12-9-16-17(10-12)11-4-7-23-8-5-11/h9-11,13-14H,2-8H2,1H3,(H,19,20). The second-order valence-electron chi connectivity index (χ2n) is 6.32. The second kappa shape index (κ2) is 6.81. The van der Waals surface area contributed by atoms with E-state index in [2.05, 4.69) is 5.10 Å². The molecule has 2 atom stereocenters. The fourth-order valence-corrected chi connectivity index (χ4v) is 5.33. The number of carboxylic acid groups (broad SMARTS) is 1. The summed E-state index contributed by atoms with van der Waals surface area (Å²) in [7, 11) is -3.73. The van der Waals surface area contributed by atoms with Crippen molar-refractivity contribution < 1.29 is 23.1 Å². The Morgan fingerprint density at radius 2 is 2.08 bits per heavy atom. The molecule has 24 heavy (non-hydrogen) atoms. The fourth-order valence-electron chi connectivity index (χ4n) is 3.64. The maximum absolute atomic E-state index is 12.9. The summed E-state index contributed by atoms with van der Waals surface area (Å²) in [5.41, 5.74) is 0. The molecule has 2 saturated heterocycles. The molecule has 1 aromatic heterocycles. The molecule has 134 valence electrons. The molecule has 0 spiro atoms. The highest BCUT2D eigenvalue weighted by Crippen LogP contribution is 2.32. The van der Waals surface area contributed by atoms with E-state index in [1.807, 2.05) is 6.92 Å². The first-order valence-electron chi connectivity index (χ1n) is 8.31. The van der Waals surface area contributed by atoms with Crippen molar-refractivity contribution in [1.82, 2.24) is 14.1 Å². The first kappa shape index (κ1) is 17.4. The summed E-state index contributed by atoms with van der Waals surface area (Å²) < 4.78 is 34.2. The number of hydrogen-bond acceptors (Lipinski definition) is 5. The van der Waals surface area contributed by atoms with Crippen molar-refractivity contribution in [1.29, 1.82) is 0 Å². The third-order valence-electron chi connectivity index (χ3n) is 4.98. The Labute approximate surface area is 141 Å². The van der Waals surface area contributed by atoms with Gasteiger partial charge in [-0.2, -0.15) is 9.40 Å². The van der Waals surface area contributed by atoms with Crippen LogP contribution in [0.4, 0.5) is 0 Å². The summed E-state index contributed by atoms with van der Waals surface area (Å²) in [6.07, 6.45) is 5.37. The van der Waals surface area contributed by atoms with Gasteiger partial charge in [0.2, 0.25) is 10.0 Å². The van der Waals surface area contributed by atoms with Crippen molar-refractivity contribution in [3.05, 3.63) is 12.4 Å². The van der Waals surface area contributed by atoms with Crippen LogP contribution in [0.1, 0.15) is 38.6 Å². The van der Waals surface area contributed by atoms with E-state index in [-0.39, 0.29) is 17.5 Å². The number of hydrogen-bond donors (Lipinski definition) is 1. The molecule has 0 radical (unpaired) electrons. The van der Waals surface area contributed by atoms with Crippen LogP contribution in [-0.4, -0.2) is 59.4 Å². The molecular formula is C15H23N3O5S. The SMILES string of the molecule is CCC1C(C(=O)O)CCN1S(=O)(=O)c1cnn(C2CCOCC2)c1. The van der Waals surface area contributed by atoms with Gasteiger partial charge in [0.05, 0.1) is 18.2 Å². The van der Waals surface area contributed by atoms with Gasteiger partial charge in [-0.25, -0.2) is 8.42 Å². The molecule has 3 heterocycles. The van der Waals surface area contributed by atoms with E-state index in [0.29, 0.717) is 26.1 Å². The van der Waals surface area contributed by atoms with E-state index in [1.54, 1.807) is 10.9 Å². The number of nitrogens with zero attached hydrogens (tertiary/aromatic N) is 3. The largest absolute Gasteiger partial charge is 0.481 e. The third-order valence-corrected chi connectivity index (χ3v) is 6.86. The van der Waals surface area contributed by atoms with Crippen LogP contribution in [0.3, 0.4) is 0 Å². The van der Waals surface area contributed by atoms with Crippen LogP contribution in [0.5, 0.6) is 0 Å². The summed E-state index contributed by atoms with van der Waals surface area (Å²) in [4.78, 5) is 11.5. The van der Waals surface area contributed by atoms with Crippen molar-refractivity contribution in [2.45, 2.75) is 49.6 Å². The van der Waals surface area contributed by atoms with Gasteiger partial charge in [0, 0.05) is 32.0 Å². The molecule has 3 rings (SSSR count). The van der Waals surface area contributed by atoms with Gasteiger partial charge in [-0.1, -0.05) is 6.92 Å². The average Bonchev–Trinajstić information content (AvgIpc) is 3.23. The highest BCUT2D eigenvalue weighted by atomic mass is 32.2. The Bertz CT molecular complexity index is 696. The lowest BCUT2D eigenvalue weighted by atomic mass is 9.99. The Kier molecular flexibility index (Phi) is 4.93. The van der Waals surface area contributed by atoms with Gasteiger partial charge in [-0.05, 0) is 25.7 Å². The monoisotopic (exact) mass is 357 g/mol. The smallest absolute Gasteiger partial charge is 0.308 e. The number of carboxylic acids is 1. The molecule has 0 aromatic carbocycles. The second-order valence-corrected chi connectivity index (χ2v) is 8.21. The van der Waals surface area contributed by atoms with Crippen molar-refractivity contribution >= 4 is 16.0 Å². The molecule has 2 unspecified atom stereocenters. The van der Waals surface area contributed by atoms with Crippen molar-refractivity contribution in [2.75, 3.05) is 19.8 Å². The van der Waals surface area contributed by atoms with Gasteiger partial charge in [-0.3, -0.25) is 9.48 Å². The van der Waals surface area contributed by atoms with E-state index in [0.717, 1.165) is 12.8 Å². The highest BCUT2D eigenvalue weighted by molar-refractivity contribution is 7.89. The first-order valence-corrected chi connectivity index (χ1v) is 9.75. The number of ether oxygens (including phenoxy) is 1. The van der Waals surface area contributed by atoms with Crippen LogP contribution in [0.15, 0.2) is 17.3 Å². The molecule has 0 saturated carbocycles. The Morgan fingerprint density at radius 3 is 2.71 bits per heavy atom. The van der Waals surface area contributed by atoms with Gasteiger partial charge in [0.25, 0.3) is 0 Å². The predicted octanol–water partition coefficient (Wildman–Crippen LogP) is 1.11. The van der Waals surface area contributed by atoms with Gasteiger partial charge < -0.3 is 9.84 Å². The maximum atomic E-state index is 12.9. The Morgan fingerprint density at radius 1 is 1.38 bits per heavy atom. The lowest BCUT2D eigenvalue weighted by Crippen LogP contribution is -2.39. The Balaban J connectivity index is 1.83. The van der Waals surface area contributed by atoms with Gasteiger partial charge in [0.1, 0.15) is 4.90 Å². The fraction of sp³-hybridized carbons (Fsp3) is 0.733. The number of sulfonamides is 1. The molecule has 0 bridgehead atoms. The minimum absolute atomic E-state index is 0.137. The lowest BCUT2D eigenvalue weighted by molar-refractivity contribution is -0.142. The summed E-state index contributed by atoms with van der Waals surface area (Å²) in [6.45, 7) is 3.36. The summed E-state index contributed by atoms with van der Waals surface area (Å²) >= 11 is 0. The normalized spacial score (nSPS) is 26.7. The molecule has 2 aliphatic heterocycles. The van der Waals surface area contributed by atoms with Crippen LogP contribution in [0, 0.1) is 5.92 Å². The molecule has 2 fully saturated rings. The molecule has 1 aromatic rings.